The third kappa shape index (κ3) is 8.91. The van der Waals surface area contributed by atoms with E-state index in [2.05, 4.69) is 74.0 Å². The van der Waals surface area contributed by atoms with Gasteiger partial charge in [-0.3, -0.25) is 20.2 Å². The van der Waals surface area contributed by atoms with Crippen molar-refractivity contribution in [2.75, 3.05) is 0 Å². The minimum absolute atomic E-state index is 0.0603. The molecule has 0 radical (unpaired) electrons. The molecule has 1 aliphatic rings. The summed E-state index contributed by atoms with van der Waals surface area (Å²) in [6, 6.07) is 13.0. The first kappa shape index (κ1) is 37.6. The fourth-order valence-electron chi connectivity index (χ4n) is 6.23. The summed E-state index contributed by atoms with van der Waals surface area (Å²) >= 11 is 9.26. The Bertz CT molecular complexity index is 2010. The summed E-state index contributed by atoms with van der Waals surface area (Å²) in [5, 5.41) is 6.69. The Labute approximate surface area is 321 Å². The molecular weight excluding hydrogens is 729 g/mol. The quantitative estimate of drug-likeness (QED) is 0.0730. The Balaban J connectivity index is 1.37. The van der Waals surface area contributed by atoms with Gasteiger partial charge in [-0.2, -0.15) is 0 Å². The number of urea groups is 1. The highest BCUT2D eigenvalue weighted by atomic mass is 32.1. The normalized spacial score (nSPS) is 13.3. The van der Waals surface area contributed by atoms with Crippen LogP contribution < -0.4 is 10.6 Å². The number of barbiturate groups is 1. The molecule has 0 aliphatic carbocycles. The molecule has 0 saturated carbocycles. The van der Waals surface area contributed by atoms with Gasteiger partial charge in [-0.05, 0) is 121 Å². The molecule has 0 atom stereocenters. The number of nitrogens with one attached hydrogen (secondary N) is 2. The molecule has 5 aromatic rings. The second-order valence-corrected chi connectivity index (χ2v) is 18.3. The molecule has 2 N–H and O–H groups in total. The number of hydrogen-bond acceptors (Lipinski definition) is 8. The van der Waals surface area contributed by atoms with Crippen LogP contribution in [0.3, 0.4) is 0 Å². The largest absolute Gasteiger partial charge is 0.328 e. The maximum Gasteiger partial charge on any atom is 0.328 e. The maximum absolute atomic E-state index is 12.3. The zero-order valence-electron chi connectivity index (χ0n) is 29.9. The van der Waals surface area contributed by atoms with Crippen LogP contribution in [-0.2, 0) is 35.3 Å². The van der Waals surface area contributed by atoms with Gasteiger partial charge >= 0.3 is 6.03 Å². The molecule has 1 aliphatic heterocycles. The van der Waals surface area contributed by atoms with Crippen molar-refractivity contribution in [2.24, 2.45) is 0 Å². The van der Waals surface area contributed by atoms with Gasteiger partial charge in [-0.25, -0.2) is 4.79 Å². The van der Waals surface area contributed by atoms with Crippen molar-refractivity contribution in [2.45, 2.75) is 105 Å². The summed E-state index contributed by atoms with van der Waals surface area (Å²) in [5.41, 5.74) is 5.76. The van der Waals surface area contributed by atoms with Crippen LogP contribution in [0, 0.1) is 0 Å². The molecule has 0 unspecified atom stereocenters. The maximum atomic E-state index is 12.3. The van der Waals surface area contributed by atoms with Crippen LogP contribution in [-0.4, -0.2) is 17.8 Å². The molecule has 6 heterocycles. The van der Waals surface area contributed by atoms with Gasteiger partial charge in [0.15, 0.2) is 0 Å². The van der Waals surface area contributed by atoms with Gasteiger partial charge in [-0.15, -0.1) is 56.7 Å². The highest BCUT2D eigenvalue weighted by Gasteiger charge is 2.28. The minimum atomic E-state index is -0.787. The van der Waals surface area contributed by atoms with E-state index in [9.17, 15) is 14.4 Å². The van der Waals surface area contributed by atoms with Crippen LogP contribution in [0.2, 0.25) is 0 Å². The number of aryl methyl sites for hydroxylation is 4. The van der Waals surface area contributed by atoms with Crippen molar-refractivity contribution in [3.8, 4) is 39.0 Å². The first-order valence-corrected chi connectivity index (χ1v) is 22.4. The summed E-state index contributed by atoms with van der Waals surface area (Å²) in [4.78, 5) is 47.7. The van der Waals surface area contributed by atoms with Crippen molar-refractivity contribution in [3.63, 3.8) is 0 Å². The second-order valence-electron chi connectivity index (χ2n) is 13.1. The van der Waals surface area contributed by atoms with Crippen molar-refractivity contribution < 1.29 is 14.4 Å². The predicted molar refractivity (Wildman–Crippen MR) is 222 cm³/mol. The Morgan fingerprint density at radius 3 is 1.59 bits per heavy atom. The second kappa shape index (κ2) is 17.6. The van der Waals surface area contributed by atoms with Gasteiger partial charge in [0.2, 0.25) is 0 Å². The molecule has 1 fully saturated rings. The number of carbonyl (C=O) groups is 3. The molecule has 10 heteroatoms. The monoisotopic (exact) mass is 774 g/mol. The van der Waals surface area contributed by atoms with E-state index in [1.165, 1.54) is 94.9 Å². The molecule has 4 amide bonds. The summed E-state index contributed by atoms with van der Waals surface area (Å²) in [6.45, 7) is 9.07. The van der Waals surface area contributed by atoms with E-state index >= 15 is 0 Å². The molecule has 268 valence electrons. The molecule has 51 heavy (non-hydrogen) atoms. The highest BCUT2D eigenvalue weighted by molar-refractivity contribution is 7.30. The Kier molecular flexibility index (Phi) is 13.0. The summed E-state index contributed by atoms with van der Waals surface area (Å²) in [7, 11) is 0. The number of unbranched alkanes of at least 4 members (excludes halogenated alkanes) is 4. The zero-order chi connectivity index (χ0) is 35.9. The highest BCUT2D eigenvalue weighted by Crippen LogP contribution is 2.50. The van der Waals surface area contributed by atoms with Gasteiger partial charge in [0, 0.05) is 43.9 Å². The molecule has 5 nitrogen and oxygen atoms in total. The SMILES string of the molecule is CCCCc1csc(-c2sc(-c3sc(-c4sc(-c5ccc(C=C6C(=O)NC(=O)NC6=O)s5)cc4CCCC)cc3CCCC)cc2CCCC)c1. The molecule has 0 aromatic carbocycles. The van der Waals surface area contributed by atoms with Gasteiger partial charge in [0.05, 0.1) is 0 Å². The van der Waals surface area contributed by atoms with E-state index in [0.29, 0.717) is 0 Å². The van der Waals surface area contributed by atoms with Gasteiger partial charge < -0.3 is 0 Å². The fourth-order valence-corrected chi connectivity index (χ4v) is 12.3. The number of thiophene rings is 5. The average molecular weight is 775 g/mol. The lowest BCUT2D eigenvalue weighted by Crippen LogP contribution is -2.51. The van der Waals surface area contributed by atoms with Gasteiger partial charge in [0.25, 0.3) is 11.8 Å². The smallest absolute Gasteiger partial charge is 0.273 e. The molecule has 6 rings (SSSR count). The van der Waals surface area contributed by atoms with Gasteiger partial charge in [-0.1, -0.05) is 53.4 Å². The summed E-state index contributed by atoms with van der Waals surface area (Å²) in [5.74, 6) is -1.34. The molecular formula is C41H46N2O3S5. The first-order valence-electron chi connectivity index (χ1n) is 18.3. The fraction of sp³-hybridized carbons (Fsp3) is 0.390. The van der Waals surface area contributed by atoms with Crippen LogP contribution in [0.25, 0.3) is 45.1 Å². The van der Waals surface area contributed by atoms with Crippen LogP contribution in [0.1, 0.15) is 106 Å². The number of hydrogen-bond donors (Lipinski definition) is 2. The lowest BCUT2D eigenvalue weighted by atomic mass is 10.0. The van der Waals surface area contributed by atoms with Crippen molar-refractivity contribution in [1.82, 2.24) is 10.6 Å². The van der Waals surface area contributed by atoms with E-state index < -0.39 is 17.8 Å². The van der Waals surface area contributed by atoms with Crippen molar-refractivity contribution in [3.05, 3.63) is 74.5 Å². The third-order valence-electron chi connectivity index (χ3n) is 9.07. The zero-order valence-corrected chi connectivity index (χ0v) is 34.0. The van der Waals surface area contributed by atoms with Gasteiger partial charge in [0.1, 0.15) is 5.57 Å². The topological polar surface area (TPSA) is 75.3 Å². The Morgan fingerprint density at radius 2 is 1.04 bits per heavy atom. The average Bonchev–Trinajstić information content (AvgIpc) is 3.95. The summed E-state index contributed by atoms with van der Waals surface area (Å²) < 4.78 is 0. The number of carbonyl (C=O) groups excluding carboxylic acids is 3. The molecule has 5 aromatic heterocycles. The predicted octanol–water partition coefficient (Wildman–Crippen LogP) is 12.8. The van der Waals surface area contributed by atoms with Crippen molar-refractivity contribution in [1.29, 1.82) is 0 Å². The first-order chi connectivity index (χ1) is 24.8. The van der Waals surface area contributed by atoms with Crippen LogP contribution in [0.15, 0.2) is 47.4 Å². The van der Waals surface area contributed by atoms with Crippen molar-refractivity contribution >= 4 is 80.6 Å². The minimum Gasteiger partial charge on any atom is -0.273 e. The Morgan fingerprint density at radius 1 is 0.549 bits per heavy atom. The van der Waals surface area contributed by atoms with E-state index in [1.807, 2.05) is 51.4 Å². The summed E-state index contributed by atoms with van der Waals surface area (Å²) in [6.07, 6.45) is 15.4. The van der Waals surface area contributed by atoms with E-state index in [0.717, 1.165) is 48.3 Å². The van der Waals surface area contributed by atoms with E-state index in [4.69, 9.17) is 0 Å². The Hall–Kier alpha value is -3.15. The lowest BCUT2D eigenvalue weighted by molar-refractivity contribution is -0.123. The van der Waals surface area contributed by atoms with E-state index in [1.54, 1.807) is 17.4 Å². The van der Waals surface area contributed by atoms with Crippen LogP contribution in [0.5, 0.6) is 0 Å². The number of amides is 4. The lowest BCUT2D eigenvalue weighted by Gasteiger charge is -2.13. The molecule has 0 bridgehead atoms. The molecule has 1 saturated heterocycles. The van der Waals surface area contributed by atoms with E-state index in [-0.39, 0.29) is 5.57 Å². The number of imide groups is 2. The van der Waals surface area contributed by atoms with Crippen LogP contribution in [0.4, 0.5) is 4.79 Å². The standard InChI is InChI=1S/C41H46N2O3S5/c1-5-9-13-25-19-33(47-24-25)36-27(15-11-7-3)21-35(50-36)38-28(16-12-8-4)22-34(51-38)37-26(14-10-6-2)20-32(49-37)31-18-17-29(48-31)23-30-39(44)42-41(46)43-40(30)45/h17-24H,5-16H2,1-4H3,(H2,42,43,44,45,46). The third-order valence-corrected chi connectivity index (χ3v) is 15.3. The number of rotatable bonds is 17. The molecule has 0 spiro atoms. The van der Waals surface area contributed by atoms with Crippen LogP contribution >= 0.6 is 56.7 Å².